The zero-order valence-corrected chi connectivity index (χ0v) is 10.9. The predicted octanol–water partition coefficient (Wildman–Crippen LogP) is 1.18. The normalized spacial score (nSPS) is 13.2. The van der Waals surface area contributed by atoms with Gasteiger partial charge in [-0.05, 0) is 12.8 Å². The van der Waals surface area contributed by atoms with Crippen LogP contribution in [0, 0.1) is 11.3 Å². The van der Waals surface area contributed by atoms with Crippen LogP contribution in [0.25, 0.3) is 0 Å². The molecule has 5 heteroatoms. The van der Waals surface area contributed by atoms with Crippen molar-refractivity contribution in [2.45, 2.75) is 34.6 Å². The minimum atomic E-state index is -3.27. The molecule has 0 saturated carbocycles. The van der Waals surface area contributed by atoms with Crippen LogP contribution in [0.3, 0.4) is 0 Å². The molecule has 0 aromatic carbocycles. The second-order valence-electron chi connectivity index (χ2n) is 4.52. The van der Waals surface area contributed by atoms with Crippen molar-refractivity contribution in [1.29, 1.82) is 0 Å². The molecule has 0 aliphatic rings. The maximum Gasteiger partial charge on any atom is 0.211 e. The lowest BCUT2D eigenvalue weighted by Crippen LogP contribution is -2.39. The van der Waals surface area contributed by atoms with E-state index in [2.05, 4.69) is 4.72 Å². The van der Waals surface area contributed by atoms with Gasteiger partial charge >= 0.3 is 0 Å². The summed E-state index contributed by atoms with van der Waals surface area (Å²) in [5.74, 6) is 0.119. The van der Waals surface area contributed by atoms with E-state index in [1.807, 2.05) is 27.7 Å². The fraction of sp³-hybridized carbons (Fsp3) is 0.900. The molecule has 0 unspecified atom stereocenters. The Balaban J connectivity index is 4.41. The molecule has 0 atom stereocenters. The van der Waals surface area contributed by atoms with Gasteiger partial charge in [0.15, 0.2) is 5.78 Å². The molecule has 0 spiro atoms. The summed E-state index contributed by atoms with van der Waals surface area (Å²) in [5, 5.41) is 0. The maximum atomic E-state index is 11.7. The summed E-state index contributed by atoms with van der Waals surface area (Å²) in [5.41, 5.74) is -0.490. The second-order valence-corrected chi connectivity index (χ2v) is 6.62. The van der Waals surface area contributed by atoms with Gasteiger partial charge in [0.2, 0.25) is 10.0 Å². The van der Waals surface area contributed by atoms with Gasteiger partial charge in [-0.3, -0.25) is 4.79 Å². The van der Waals surface area contributed by atoms with E-state index in [1.165, 1.54) is 0 Å². The summed E-state index contributed by atoms with van der Waals surface area (Å²) in [6, 6.07) is 0. The lowest BCUT2D eigenvalue weighted by atomic mass is 9.77. The number of carbonyl (C=O) groups is 1. The first-order valence-electron chi connectivity index (χ1n) is 5.14. The lowest BCUT2D eigenvalue weighted by molar-refractivity contribution is -0.127. The van der Waals surface area contributed by atoms with Crippen molar-refractivity contribution >= 4 is 15.8 Å². The number of carbonyl (C=O) groups excluding carboxylic acids is 1. The minimum Gasteiger partial charge on any atom is -0.298 e. The minimum absolute atomic E-state index is 0.00237. The number of hydrogen-bond donors (Lipinski definition) is 1. The van der Waals surface area contributed by atoms with Crippen molar-refractivity contribution in [3.8, 4) is 0 Å². The highest BCUT2D eigenvalue weighted by Gasteiger charge is 2.31. The Morgan fingerprint density at radius 2 is 1.80 bits per heavy atom. The van der Waals surface area contributed by atoms with Gasteiger partial charge in [0, 0.05) is 5.41 Å². The Morgan fingerprint density at radius 3 is 2.13 bits per heavy atom. The third-order valence-electron chi connectivity index (χ3n) is 2.99. The fourth-order valence-corrected chi connectivity index (χ4v) is 1.38. The van der Waals surface area contributed by atoms with E-state index in [1.54, 1.807) is 6.92 Å². The van der Waals surface area contributed by atoms with Crippen LogP contribution in [0.2, 0.25) is 0 Å². The Bertz CT molecular complexity index is 318. The lowest BCUT2D eigenvalue weighted by Gasteiger charge is -2.27. The molecule has 1 N–H and O–H groups in total. The molecule has 0 bridgehead atoms. The van der Waals surface area contributed by atoms with E-state index in [4.69, 9.17) is 0 Å². The number of nitrogens with one attached hydrogen (secondary N) is 1. The molecule has 0 fully saturated rings. The van der Waals surface area contributed by atoms with Crippen molar-refractivity contribution < 1.29 is 13.2 Å². The van der Waals surface area contributed by atoms with E-state index in [0.29, 0.717) is 0 Å². The zero-order chi connectivity index (χ0) is 12.3. The number of hydrogen-bond acceptors (Lipinski definition) is 3. The molecular weight excluding hydrogens is 214 g/mol. The highest BCUT2D eigenvalue weighted by atomic mass is 32.2. The highest BCUT2D eigenvalue weighted by Crippen LogP contribution is 2.26. The summed E-state index contributed by atoms with van der Waals surface area (Å²) >= 11 is 0. The second kappa shape index (κ2) is 5.07. The molecule has 0 aliphatic heterocycles. The highest BCUT2D eigenvalue weighted by molar-refractivity contribution is 7.89. The van der Waals surface area contributed by atoms with E-state index in [9.17, 15) is 13.2 Å². The molecule has 0 aromatic rings. The average Bonchev–Trinajstić information content (AvgIpc) is 2.14. The summed E-state index contributed by atoms with van der Waals surface area (Å²) in [7, 11) is -3.27. The zero-order valence-electron chi connectivity index (χ0n) is 10.1. The molecule has 0 saturated heterocycles. The fourth-order valence-electron chi connectivity index (χ4n) is 0.827. The van der Waals surface area contributed by atoms with Crippen LogP contribution >= 0.6 is 0 Å². The van der Waals surface area contributed by atoms with Crippen LogP contribution < -0.4 is 4.72 Å². The third-order valence-corrected chi connectivity index (χ3v) is 4.34. The van der Waals surface area contributed by atoms with Crippen molar-refractivity contribution in [1.82, 2.24) is 4.72 Å². The number of rotatable bonds is 6. The van der Waals surface area contributed by atoms with Crippen LogP contribution in [0.15, 0.2) is 0 Å². The van der Waals surface area contributed by atoms with Crippen molar-refractivity contribution in [2.24, 2.45) is 11.3 Å². The van der Waals surface area contributed by atoms with Crippen LogP contribution in [0.4, 0.5) is 0 Å². The monoisotopic (exact) mass is 235 g/mol. The van der Waals surface area contributed by atoms with Crippen LogP contribution in [-0.4, -0.2) is 26.5 Å². The van der Waals surface area contributed by atoms with Gasteiger partial charge in [-0.2, -0.15) is 0 Å². The van der Waals surface area contributed by atoms with Crippen LogP contribution in [-0.2, 0) is 14.8 Å². The van der Waals surface area contributed by atoms with Gasteiger partial charge in [0.1, 0.15) is 0 Å². The molecule has 0 amide bonds. The molecular formula is C10H21NO3S. The number of ketones is 1. The quantitative estimate of drug-likeness (QED) is 0.752. The molecule has 0 radical (unpaired) electrons. The Labute approximate surface area is 92.5 Å². The van der Waals surface area contributed by atoms with E-state index < -0.39 is 15.4 Å². The van der Waals surface area contributed by atoms with Crippen molar-refractivity contribution in [2.75, 3.05) is 12.3 Å². The van der Waals surface area contributed by atoms with Crippen LogP contribution in [0.5, 0.6) is 0 Å². The van der Waals surface area contributed by atoms with Gasteiger partial charge in [-0.1, -0.05) is 27.7 Å². The predicted molar refractivity (Wildman–Crippen MR) is 61.1 cm³/mol. The SMILES string of the molecule is CCS(=O)(=O)NCC(=O)C(C)(C)C(C)C. The first-order valence-corrected chi connectivity index (χ1v) is 6.79. The number of Topliss-reactive ketones (excluding diaryl/α,β-unsaturated/α-hetero) is 1. The topological polar surface area (TPSA) is 63.2 Å². The Morgan fingerprint density at radius 1 is 1.33 bits per heavy atom. The van der Waals surface area contributed by atoms with Crippen molar-refractivity contribution in [3.05, 3.63) is 0 Å². The maximum absolute atomic E-state index is 11.7. The standard InChI is InChI=1S/C10H21NO3S/c1-6-15(13,14)11-7-9(12)10(4,5)8(2)3/h8,11H,6-7H2,1-5H3. The van der Waals surface area contributed by atoms with Gasteiger partial charge in [-0.25, -0.2) is 13.1 Å². The van der Waals surface area contributed by atoms with Gasteiger partial charge in [0.25, 0.3) is 0 Å². The summed E-state index contributed by atoms with van der Waals surface area (Å²) in [6.45, 7) is 9.00. The summed E-state index contributed by atoms with van der Waals surface area (Å²) in [4.78, 5) is 11.7. The first-order chi connectivity index (χ1) is 6.63. The molecule has 0 aliphatic carbocycles. The molecule has 0 aromatic heterocycles. The first kappa shape index (κ1) is 14.6. The molecule has 15 heavy (non-hydrogen) atoms. The van der Waals surface area contributed by atoms with Crippen molar-refractivity contribution in [3.63, 3.8) is 0 Å². The van der Waals surface area contributed by atoms with E-state index >= 15 is 0 Å². The molecule has 90 valence electrons. The Hall–Kier alpha value is -0.420. The van der Waals surface area contributed by atoms with Gasteiger partial charge < -0.3 is 0 Å². The molecule has 0 heterocycles. The molecule has 4 nitrogen and oxygen atoms in total. The van der Waals surface area contributed by atoms with Gasteiger partial charge in [0.05, 0.1) is 12.3 Å². The van der Waals surface area contributed by atoms with Crippen LogP contribution in [0.1, 0.15) is 34.6 Å². The smallest absolute Gasteiger partial charge is 0.211 e. The third kappa shape index (κ3) is 4.30. The summed E-state index contributed by atoms with van der Waals surface area (Å²) < 4.78 is 24.6. The molecule has 0 rings (SSSR count). The van der Waals surface area contributed by atoms with E-state index in [0.717, 1.165) is 0 Å². The number of sulfonamides is 1. The Kier molecular flexibility index (Phi) is 4.93. The largest absolute Gasteiger partial charge is 0.298 e. The summed E-state index contributed by atoms with van der Waals surface area (Å²) in [6.07, 6.45) is 0. The average molecular weight is 235 g/mol. The van der Waals surface area contributed by atoms with E-state index in [-0.39, 0.29) is 24.0 Å². The van der Waals surface area contributed by atoms with Gasteiger partial charge in [-0.15, -0.1) is 0 Å².